The highest BCUT2D eigenvalue weighted by Crippen LogP contribution is 2.06. The Morgan fingerprint density at radius 3 is 3.00 bits per heavy atom. The Morgan fingerprint density at radius 2 is 2.42 bits per heavy atom. The summed E-state index contributed by atoms with van der Waals surface area (Å²) in [5.41, 5.74) is 5.20. The minimum Gasteiger partial charge on any atom is -0.490 e. The molecule has 0 saturated carbocycles. The first-order valence-corrected chi connectivity index (χ1v) is 3.80. The molecule has 0 aliphatic rings. The van der Waals surface area contributed by atoms with Crippen molar-refractivity contribution in [3.05, 3.63) is 30.3 Å². The smallest absolute Gasteiger partial charge is 0.127 e. The van der Waals surface area contributed by atoms with E-state index in [-0.39, 0.29) is 13.2 Å². The molecule has 3 nitrogen and oxygen atoms in total. The Hall–Kier alpha value is -1.06. The van der Waals surface area contributed by atoms with Gasteiger partial charge in [0.05, 0.1) is 0 Å². The first-order valence-electron chi connectivity index (χ1n) is 3.80. The second-order valence-corrected chi connectivity index (χ2v) is 2.43. The molecule has 0 saturated heterocycles. The second kappa shape index (κ2) is 4.74. The fourth-order valence-corrected chi connectivity index (χ4v) is 0.721. The Morgan fingerprint density at radius 1 is 1.58 bits per heavy atom. The third-order valence-corrected chi connectivity index (χ3v) is 1.38. The van der Waals surface area contributed by atoms with Gasteiger partial charge in [0.2, 0.25) is 0 Å². The molecule has 12 heavy (non-hydrogen) atoms. The quantitative estimate of drug-likeness (QED) is 0.671. The maximum Gasteiger partial charge on any atom is 0.127 e. The van der Waals surface area contributed by atoms with Crippen LogP contribution in [0, 0.1) is 6.07 Å². The van der Waals surface area contributed by atoms with Crippen LogP contribution in [0.3, 0.4) is 0 Å². The van der Waals surface area contributed by atoms with Crippen molar-refractivity contribution in [2.45, 2.75) is 6.10 Å². The van der Waals surface area contributed by atoms with Crippen LogP contribution >= 0.6 is 0 Å². The lowest BCUT2D eigenvalue weighted by Gasteiger charge is -2.09. The van der Waals surface area contributed by atoms with Crippen LogP contribution in [0.4, 0.5) is 0 Å². The Labute approximate surface area is 71.8 Å². The minimum absolute atomic E-state index is 0.215. The molecule has 1 rings (SSSR count). The molecular formula is C9H12NO2. The first kappa shape index (κ1) is 9.03. The van der Waals surface area contributed by atoms with Gasteiger partial charge in [0.25, 0.3) is 0 Å². The zero-order chi connectivity index (χ0) is 8.81. The summed E-state index contributed by atoms with van der Waals surface area (Å²) >= 11 is 0. The molecule has 1 atom stereocenters. The molecule has 1 unspecified atom stereocenters. The molecule has 1 radical (unpaired) electrons. The molecule has 0 aromatic heterocycles. The van der Waals surface area contributed by atoms with Crippen molar-refractivity contribution in [3.63, 3.8) is 0 Å². The van der Waals surface area contributed by atoms with Crippen molar-refractivity contribution in [1.82, 2.24) is 0 Å². The zero-order valence-corrected chi connectivity index (χ0v) is 6.73. The van der Waals surface area contributed by atoms with Crippen molar-refractivity contribution in [2.75, 3.05) is 13.2 Å². The van der Waals surface area contributed by atoms with E-state index in [1.165, 1.54) is 0 Å². The number of nitrogens with two attached hydrogens (primary N) is 1. The summed E-state index contributed by atoms with van der Waals surface area (Å²) in [6, 6.07) is 10.1. The first-order chi connectivity index (χ1) is 5.83. The molecule has 0 heterocycles. The molecule has 3 heteroatoms. The van der Waals surface area contributed by atoms with Crippen LogP contribution in [0.15, 0.2) is 24.3 Å². The van der Waals surface area contributed by atoms with Crippen LogP contribution in [0.1, 0.15) is 0 Å². The van der Waals surface area contributed by atoms with Crippen LogP contribution in [0.2, 0.25) is 0 Å². The van der Waals surface area contributed by atoms with E-state index in [1.807, 2.05) is 12.1 Å². The van der Waals surface area contributed by atoms with Crippen molar-refractivity contribution >= 4 is 0 Å². The Kier molecular flexibility index (Phi) is 3.57. The Bertz CT molecular complexity index is 213. The van der Waals surface area contributed by atoms with Crippen molar-refractivity contribution < 1.29 is 9.84 Å². The molecular weight excluding hydrogens is 154 g/mol. The average Bonchev–Trinajstić information content (AvgIpc) is 2.16. The molecule has 0 amide bonds. The standard InChI is InChI=1S/C9H12NO2/c10-6-8(11)7-12-9-4-2-1-3-5-9/h1-4,8,11H,6-7,10H2. The maximum atomic E-state index is 9.06. The number of hydrogen-bond acceptors (Lipinski definition) is 3. The predicted molar refractivity (Wildman–Crippen MR) is 45.8 cm³/mol. The van der Waals surface area contributed by atoms with Gasteiger partial charge in [-0.05, 0) is 6.07 Å². The van der Waals surface area contributed by atoms with Crippen LogP contribution in [0.25, 0.3) is 0 Å². The number of aliphatic hydroxyl groups is 1. The highest BCUT2D eigenvalue weighted by atomic mass is 16.5. The van der Waals surface area contributed by atoms with Crippen molar-refractivity contribution in [3.8, 4) is 5.75 Å². The predicted octanol–water partition coefficient (Wildman–Crippen LogP) is 0.185. The lowest BCUT2D eigenvalue weighted by molar-refractivity contribution is 0.114. The summed E-state index contributed by atoms with van der Waals surface area (Å²) in [6.45, 7) is 0.434. The highest BCUT2D eigenvalue weighted by molar-refractivity contribution is 5.19. The summed E-state index contributed by atoms with van der Waals surface area (Å²) in [4.78, 5) is 0. The van der Waals surface area contributed by atoms with E-state index in [4.69, 9.17) is 15.6 Å². The van der Waals surface area contributed by atoms with Gasteiger partial charge in [-0.1, -0.05) is 18.2 Å². The van der Waals surface area contributed by atoms with E-state index in [0.717, 1.165) is 0 Å². The van der Waals surface area contributed by atoms with Gasteiger partial charge in [-0.2, -0.15) is 0 Å². The fraction of sp³-hybridized carbons (Fsp3) is 0.333. The minimum atomic E-state index is -0.599. The van der Waals surface area contributed by atoms with Crippen LogP contribution < -0.4 is 10.5 Å². The number of benzene rings is 1. The normalized spacial score (nSPS) is 12.5. The average molecular weight is 166 g/mol. The molecule has 1 aromatic carbocycles. The van der Waals surface area contributed by atoms with Crippen LogP contribution in [-0.4, -0.2) is 24.4 Å². The Balaban J connectivity index is 2.33. The van der Waals surface area contributed by atoms with Gasteiger partial charge in [-0.15, -0.1) is 0 Å². The largest absolute Gasteiger partial charge is 0.490 e. The van der Waals surface area contributed by atoms with Gasteiger partial charge in [-0.25, -0.2) is 0 Å². The van der Waals surface area contributed by atoms with E-state index in [0.29, 0.717) is 5.75 Å². The molecule has 1 aromatic rings. The van der Waals surface area contributed by atoms with E-state index in [2.05, 4.69) is 6.07 Å². The summed E-state index contributed by atoms with van der Waals surface area (Å²) in [7, 11) is 0. The fourth-order valence-electron chi connectivity index (χ4n) is 0.721. The van der Waals surface area contributed by atoms with Gasteiger partial charge in [0.1, 0.15) is 18.5 Å². The number of rotatable bonds is 4. The van der Waals surface area contributed by atoms with E-state index in [1.54, 1.807) is 12.1 Å². The highest BCUT2D eigenvalue weighted by Gasteiger charge is 2.00. The molecule has 0 spiro atoms. The van der Waals surface area contributed by atoms with Crippen LogP contribution in [0.5, 0.6) is 5.75 Å². The zero-order valence-electron chi connectivity index (χ0n) is 6.73. The monoisotopic (exact) mass is 166 g/mol. The van der Waals surface area contributed by atoms with E-state index >= 15 is 0 Å². The van der Waals surface area contributed by atoms with Crippen molar-refractivity contribution in [1.29, 1.82) is 0 Å². The molecule has 0 aliphatic carbocycles. The maximum absolute atomic E-state index is 9.06. The molecule has 0 fully saturated rings. The molecule has 65 valence electrons. The topological polar surface area (TPSA) is 55.5 Å². The van der Waals surface area contributed by atoms with Gasteiger partial charge >= 0.3 is 0 Å². The van der Waals surface area contributed by atoms with Crippen molar-refractivity contribution in [2.24, 2.45) is 5.73 Å². The second-order valence-electron chi connectivity index (χ2n) is 2.43. The number of hydrogen-bond donors (Lipinski definition) is 2. The molecule has 0 bridgehead atoms. The number of para-hydroxylation sites is 1. The van der Waals surface area contributed by atoms with E-state index < -0.39 is 6.10 Å². The summed E-state index contributed by atoms with van der Waals surface area (Å²) in [6.07, 6.45) is -0.599. The SMILES string of the molecule is NCC(O)COc1[c]cccc1. The van der Waals surface area contributed by atoms with Crippen LogP contribution in [-0.2, 0) is 0 Å². The lowest BCUT2D eigenvalue weighted by atomic mass is 10.3. The number of ether oxygens (including phenoxy) is 1. The molecule has 3 N–H and O–H groups in total. The van der Waals surface area contributed by atoms with E-state index in [9.17, 15) is 0 Å². The third kappa shape index (κ3) is 2.90. The van der Waals surface area contributed by atoms with Gasteiger partial charge in [0, 0.05) is 12.6 Å². The summed E-state index contributed by atoms with van der Waals surface area (Å²) in [5.74, 6) is 0.630. The van der Waals surface area contributed by atoms with Gasteiger partial charge < -0.3 is 15.6 Å². The number of aliphatic hydroxyl groups excluding tert-OH is 1. The van der Waals surface area contributed by atoms with Gasteiger partial charge in [0.15, 0.2) is 0 Å². The van der Waals surface area contributed by atoms with Gasteiger partial charge in [-0.3, -0.25) is 0 Å². The summed E-state index contributed by atoms with van der Waals surface area (Å²) < 4.78 is 5.17. The summed E-state index contributed by atoms with van der Waals surface area (Å²) in [5, 5.41) is 9.06. The lowest BCUT2D eigenvalue weighted by Crippen LogP contribution is -2.26. The third-order valence-electron chi connectivity index (χ3n) is 1.38. The molecule has 0 aliphatic heterocycles.